The summed E-state index contributed by atoms with van der Waals surface area (Å²) in [7, 11) is 0. The van der Waals surface area contributed by atoms with Gasteiger partial charge >= 0.3 is 5.97 Å². The third-order valence-corrected chi connectivity index (χ3v) is 7.76. The summed E-state index contributed by atoms with van der Waals surface area (Å²) in [6, 6.07) is 16.1. The number of likely N-dealkylation sites (tertiary alicyclic amines) is 1. The van der Waals surface area contributed by atoms with Crippen LogP contribution in [0.15, 0.2) is 60.8 Å². The Balaban J connectivity index is 1.52. The van der Waals surface area contributed by atoms with E-state index < -0.39 is 17.9 Å². The molecule has 3 aliphatic rings. The number of aliphatic carboxylic acids is 1. The minimum atomic E-state index is -0.975. The summed E-state index contributed by atoms with van der Waals surface area (Å²) in [5.41, 5.74) is 3.65. The summed E-state index contributed by atoms with van der Waals surface area (Å²) in [6.07, 6.45) is 0.439. The van der Waals surface area contributed by atoms with Crippen molar-refractivity contribution < 1.29 is 19.5 Å². The van der Waals surface area contributed by atoms with E-state index in [0.29, 0.717) is 30.6 Å². The van der Waals surface area contributed by atoms with Gasteiger partial charge in [0.15, 0.2) is 5.78 Å². The lowest BCUT2D eigenvalue weighted by Gasteiger charge is -2.31. The first kappa shape index (κ1) is 22.9. The minimum Gasteiger partial charge on any atom is -0.481 e. The van der Waals surface area contributed by atoms with Gasteiger partial charge in [-0.15, -0.1) is 0 Å². The van der Waals surface area contributed by atoms with Crippen LogP contribution in [0, 0.1) is 23.2 Å². The Bertz CT molecular complexity index is 1260. The lowest BCUT2D eigenvalue weighted by Crippen LogP contribution is -2.43. The first-order valence-corrected chi connectivity index (χ1v) is 11.8. The number of nitriles is 1. The van der Waals surface area contributed by atoms with E-state index in [1.807, 2.05) is 48.2 Å². The van der Waals surface area contributed by atoms with E-state index >= 15 is 0 Å². The normalized spacial score (nSPS) is 27.0. The topological polar surface area (TPSA) is 102 Å². The Morgan fingerprint density at radius 1 is 1.17 bits per heavy atom. The molecule has 1 N–H and O–H groups in total. The molecule has 7 nitrogen and oxygen atoms in total. The summed E-state index contributed by atoms with van der Waals surface area (Å²) in [4.78, 5) is 42.9. The van der Waals surface area contributed by atoms with E-state index in [1.54, 1.807) is 17.0 Å². The smallest absolute Gasteiger partial charge is 0.305 e. The molecule has 0 aliphatic carbocycles. The first-order chi connectivity index (χ1) is 16.8. The van der Waals surface area contributed by atoms with Crippen molar-refractivity contribution in [2.75, 3.05) is 13.1 Å². The van der Waals surface area contributed by atoms with Crippen molar-refractivity contribution in [1.29, 1.82) is 5.26 Å². The Morgan fingerprint density at radius 3 is 2.57 bits per heavy atom. The molecule has 2 aromatic carbocycles. The zero-order valence-electron chi connectivity index (χ0n) is 19.6. The van der Waals surface area contributed by atoms with Gasteiger partial charge in [0.1, 0.15) is 5.92 Å². The van der Waals surface area contributed by atoms with Crippen molar-refractivity contribution in [1.82, 2.24) is 9.80 Å². The summed E-state index contributed by atoms with van der Waals surface area (Å²) in [6.45, 7) is 6.89. The fourth-order valence-corrected chi connectivity index (χ4v) is 6.34. The van der Waals surface area contributed by atoms with Crippen LogP contribution < -0.4 is 0 Å². The van der Waals surface area contributed by atoms with Gasteiger partial charge in [-0.2, -0.15) is 5.26 Å². The molecule has 3 saturated heterocycles. The van der Waals surface area contributed by atoms with Crippen molar-refractivity contribution >= 4 is 17.7 Å². The third kappa shape index (κ3) is 3.79. The Kier molecular flexibility index (Phi) is 5.68. The van der Waals surface area contributed by atoms with Crippen LogP contribution in [0.2, 0.25) is 0 Å². The Hall–Kier alpha value is -3.92. The zero-order chi connectivity index (χ0) is 24.9. The number of ketones is 1. The van der Waals surface area contributed by atoms with Gasteiger partial charge in [-0.25, -0.2) is 0 Å². The molecule has 3 aliphatic heterocycles. The number of carbonyl (C=O) groups is 3. The van der Waals surface area contributed by atoms with Crippen LogP contribution in [0.4, 0.5) is 0 Å². The average molecular weight is 470 g/mol. The molecule has 7 heteroatoms. The second kappa shape index (κ2) is 8.70. The maximum absolute atomic E-state index is 13.9. The number of hydrogen-bond acceptors (Lipinski definition) is 5. The van der Waals surface area contributed by atoms with Crippen LogP contribution in [0.3, 0.4) is 0 Å². The van der Waals surface area contributed by atoms with Gasteiger partial charge in [-0.05, 0) is 42.2 Å². The van der Waals surface area contributed by atoms with Crippen LogP contribution in [0.25, 0.3) is 0 Å². The van der Waals surface area contributed by atoms with Gasteiger partial charge in [0.2, 0.25) is 5.91 Å². The number of allylic oxidation sites excluding steroid dienone is 1. The maximum Gasteiger partial charge on any atom is 0.305 e. The number of benzene rings is 2. The molecule has 5 unspecified atom stereocenters. The van der Waals surface area contributed by atoms with Crippen molar-refractivity contribution in [2.45, 2.75) is 37.8 Å². The molecular formula is C28H27N3O4. The van der Waals surface area contributed by atoms with E-state index in [2.05, 4.69) is 12.6 Å². The highest BCUT2D eigenvalue weighted by atomic mass is 16.4. The number of carboxylic acids is 1. The highest BCUT2D eigenvalue weighted by Gasteiger charge is 2.62. The highest BCUT2D eigenvalue weighted by molar-refractivity contribution is 6.15. The van der Waals surface area contributed by atoms with E-state index in [0.717, 1.165) is 16.8 Å². The number of hydrogen-bond donors (Lipinski definition) is 1. The fraction of sp³-hybridized carbons (Fsp3) is 0.357. The SMILES string of the molecule is C=C(C)N1CC2CN3C(=O)C(c4cc(C#N)ccc4Cc4ccccc4)C(=O)C3C2C1CC(=O)O. The Labute approximate surface area is 204 Å². The van der Waals surface area contributed by atoms with Crippen molar-refractivity contribution in [2.24, 2.45) is 11.8 Å². The standard InChI is InChI=1S/C28H27N3O4/c1-16(2)30-14-20-15-31-26(24(20)22(30)12-23(32)33)27(34)25(28(31)35)21-11-18(13-29)8-9-19(21)10-17-6-4-3-5-7-17/h3-9,11,20,22,24-26H,1,10,12,14-15H2,2H3,(H,32,33). The van der Waals surface area contributed by atoms with Gasteiger partial charge in [0.25, 0.3) is 0 Å². The second-order valence-electron chi connectivity index (χ2n) is 9.85. The van der Waals surface area contributed by atoms with Crippen LogP contribution in [-0.4, -0.2) is 57.7 Å². The first-order valence-electron chi connectivity index (χ1n) is 11.8. The molecular weight excluding hydrogens is 442 g/mol. The van der Waals surface area contributed by atoms with Crippen molar-refractivity contribution in [3.8, 4) is 6.07 Å². The molecule has 0 aromatic heterocycles. The largest absolute Gasteiger partial charge is 0.481 e. The lowest BCUT2D eigenvalue weighted by molar-refractivity contribution is -0.138. The van der Waals surface area contributed by atoms with Crippen LogP contribution >= 0.6 is 0 Å². The summed E-state index contributed by atoms with van der Waals surface area (Å²) < 4.78 is 0. The molecule has 0 radical (unpaired) electrons. The number of carboxylic acid groups (broad SMARTS) is 1. The average Bonchev–Trinajstić information content (AvgIpc) is 3.44. The summed E-state index contributed by atoms with van der Waals surface area (Å²) in [5.74, 6) is -2.55. The molecule has 0 bridgehead atoms. The molecule has 3 heterocycles. The molecule has 35 heavy (non-hydrogen) atoms. The third-order valence-electron chi connectivity index (χ3n) is 7.76. The van der Waals surface area contributed by atoms with E-state index in [-0.39, 0.29) is 36.0 Å². The van der Waals surface area contributed by atoms with Crippen LogP contribution in [0.5, 0.6) is 0 Å². The molecule has 3 fully saturated rings. The molecule has 178 valence electrons. The molecule has 1 amide bonds. The van der Waals surface area contributed by atoms with Crippen LogP contribution in [0.1, 0.15) is 41.5 Å². The minimum absolute atomic E-state index is 0.0316. The number of Topliss-reactive ketones (excluding diaryl/α,β-unsaturated/α-hetero) is 1. The fourth-order valence-electron chi connectivity index (χ4n) is 6.34. The second-order valence-corrected chi connectivity index (χ2v) is 9.85. The highest BCUT2D eigenvalue weighted by Crippen LogP contribution is 2.49. The van der Waals surface area contributed by atoms with Crippen molar-refractivity contribution in [3.63, 3.8) is 0 Å². The van der Waals surface area contributed by atoms with E-state index in [1.165, 1.54) is 0 Å². The van der Waals surface area contributed by atoms with Gasteiger partial charge in [0.05, 0.1) is 24.1 Å². The number of carbonyl (C=O) groups excluding carboxylic acids is 2. The predicted molar refractivity (Wildman–Crippen MR) is 128 cm³/mol. The Morgan fingerprint density at radius 2 is 1.91 bits per heavy atom. The summed E-state index contributed by atoms with van der Waals surface area (Å²) >= 11 is 0. The van der Waals surface area contributed by atoms with Gasteiger partial charge in [-0.3, -0.25) is 14.4 Å². The van der Waals surface area contributed by atoms with E-state index in [9.17, 15) is 24.8 Å². The predicted octanol–water partition coefficient (Wildman–Crippen LogP) is 2.95. The molecule has 0 spiro atoms. The molecule has 2 aromatic rings. The maximum atomic E-state index is 13.9. The quantitative estimate of drug-likeness (QED) is 0.653. The zero-order valence-corrected chi connectivity index (χ0v) is 19.6. The molecule has 5 atom stereocenters. The van der Waals surface area contributed by atoms with Gasteiger partial charge in [0, 0.05) is 36.7 Å². The van der Waals surface area contributed by atoms with E-state index in [4.69, 9.17) is 0 Å². The molecule has 5 rings (SSSR count). The van der Waals surface area contributed by atoms with Crippen molar-refractivity contribution in [3.05, 3.63) is 83.1 Å². The van der Waals surface area contributed by atoms with Crippen LogP contribution in [-0.2, 0) is 20.8 Å². The number of nitrogens with zero attached hydrogens (tertiary/aromatic N) is 3. The lowest BCUT2D eigenvalue weighted by atomic mass is 9.80. The molecule has 0 saturated carbocycles. The van der Waals surface area contributed by atoms with Gasteiger partial charge in [-0.1, -0.05) is 43.0 Å². The number of fused-ring (bicyclic) bond motifs is 3. The monoisotopic (exact) mass is 469 g/mol. The number of amides is 1. The number of rotatable bonds is 6. The van der Waals surface area contributed by atoms with Gasteiger partial charge < -0.3 is 14.9 Å². The summed E-state index contributed by atoms with van der Waals surface area (Å²) in [5, 5.41) is 19.1.